The van der Waals surface area contributed by atoms with E-state index in [0.29, 0.717) is 17.6 Å². The first kappa shape index (κ1) is 17.3. The Balaban J connectivity index is 1.45. The lowest BCUT2D eigenvalue weighted by molar-refractivity contribution is -0.118. The van der Waals surface area contributed by atoms with Crippen LogP contribution in [0.25, 0.3) is 0 Å². The lowest BCUT2D eigenvalue weighted by Crippen LogP contribution is -2.22. The summed E-state index contributed by atoms with van der Waals surface area (Å²) in [6.45, 7) is 1.97. The number of ether oxygens (including phenoxy) is 1. The van der Waals surface area contributed by atoms with Gasteiger partial charge in [0.05, 0.1) is 11.9 Å². The number of rotatable bonds is 6. The average Bonchev–Trinajstić information content (AvgIpc) is 2.64. The zero-order valence-corrected chi connectivity index (χ0v) is 14.6. The molecule has 1 aliphatic rings. The number of aryl methyl sites for hydroxylation is 1. The van der Waals surface area contributed by atoms with Crippen LogP contribution in [0.3, 0.4) is 0 Å². The van der Waals surface area contributed by atoms with Gasteiger partial charge in [0.1, 0.15) is 11.6 Å². The van der Waals surface area contributed by atoms with Gasteiger partial charge >= 0.3 is 0 Å². The number of hydrogen-bond acceptors (Lipinski definition) is 4. The van der Waals surface area contributed by atoms with Crippen molar-refractivity contribution in [3.63, 3.8) is 0 Å². The minimum Gasteiger partial charge on any atom is -0.484 e. The molecule has 1 amide bonds. The highest BCUT2D eigenvalue weighted by Gasteiger charge is 2.13. The van der Waals surface area contributed by atoms with Gasteiger partial charge in [0, 0.05) is 6.04 Å². The first-order chi connectivity index (χ1) is 12.2. The second-order valence-electron chi connectivity index (χ2n) is 6.56. The number of nitrogens with one attached hydrogen (secondary N) is 2. The Morgan fingerprint density at radius 2 is 1.88 bits per heavy atom. The fraction of sp³-hybridized carbons (Fsp3) is 0.400. The SMILES string of the molecule is Cc1ccc(OCC(=O)Nc2ccc(NC3CCCCC3)cn2)cc1. The fourth-order valence-corrected chi connectivity index (χ4v) is 3.00. The van der Waals surface area contributed by atoms with E-state index in [1.807, 2.05) is 43.3 Å². The van der Waals surface area contributed by atoms with Crippen LogP contribution in [-0.2, 0) is 4.79 Å². The van der Waals surface area contributed by atoms with Crippen LogP contribution < -0.4 is 15.4 Å². The maximum absolute atomic E-state index is 12.0. The largest absolute Gasteiger partial charge is 0.484 e. The maximum atomic E-state index is 12.0. The van der Waals surface area contributed by atoms with Gasteiger partial charge in [0.15, 0.2) is 6.61 Å². The molecule has 1 aromatic heterocycles. The van der Waals surface area contributed by atoms with Crippen molar-refractivity contribution in [2.24, 2.45) is 0 Å². The third kappa shape index (κ3) is 5.48. The molecule has 0 bridgehead atoms. The van der Waals surface area contributed by atoms with Crippen LogP contribution in [0.2, 0.25) is 0 Å². The number of amides is 1. The van der Waals surface area contributed by atoms with Crippen LogP contribution in [0.1, 0.15) is 37.7 Å². The van der Waals surface area contributed by atoms with E-state index in [1.165, 1.54) is 32.1 Å². The van der Waals surface area contributed by atoms with Crippen molar-refractivity contribution in [1.29, 1.82) is 0 Å². The van der Waals surface area contributed by atoms with Crippen LogP contribution in [0.4, 0.5) is 11.5 Å². The van der Waals surface area contributed by atoms with E-state index in [4.69, 9.17) is 4.74 Å². The predicted molar refractivity (Wildman–Crippen MR) is 100 cm³/mol. The molecule has 3 rings (SSSR count). The number of aromatic nitrogens is 1. The number of nitrogens with zero attached hydrogens (tertiary/aromatic N) is 1. The number of pyridine rings is 1. The summed E-state index contributed by atoms with van der Waals surface area (Å²) in [7, 11) is 0. The Hall–Kier alpha value is -2.56. The second-order valence-corrected chi connectivity index (χ2v) is 6.56. The molecular weight excluding hydrogens is 314 g/mol. The summed E-state index contributed by atoms with van der Waals surface area (Å²) in [4.78, 5) is 16.3. The maximum Gasteiger partial charge on any atom is 0.263 e. The standard InChI is InChI=1S/C20H25N3O2/c1-15-7-10-18(11-8-15)25-14-20(24)23-19-12-9-17(13-21-19)22-16-5-3-2-4-6-16/h7-13,16,22H,2-6,14H2,1H3,(H,21,23,24). The van der Waals surface area contributed by atoms with Crippen molar-refractivity contribution in [3.8, 4) is 5.75 Å². The molecule has 25 heavy (non-hydrogen) atoms. The average molecular weight is 339 g/mol. The molecule has 0 atom stereocenters. The molecule has 132 valence electrons. The van der Waals surface area contributed by atoms with Crippen LogP contribution in [-0.4, -0.2) is 23.5 Å². The van der Waals surface area contributed by atoms with Gasteiger partial charge in [0.25, 0.3) is 5.91 Å². The molecule has 0 aliphatic heterocycles. The Morgan fingerprint density at radius 1 is 1.12 bits per heavy atom. The summed E-state index contributed by atoms with van der Waals surface area (Å²) in [6, 6.07) is 11.9. The van der Waals surface area contributed by atoms with Crippen LogP contribution in [0.15, 0.2) is 42.6 Å². The van der Waals surface area contributed by atoms with E-state index in [9.17, 15) is 4.79 Å². The van der Waals surface area contributed by atoms with E-state index in [2.05, 4.69) is 15.6 Å². The lowest BCUT2D eigenvalue weighted by Gasteiger charge is -2.23. The lowest BCUT2D eigenvalue weighted by atomic mass is 9.95. The highest BCUT2D eigenvalue weighted by atomic mass is 16.5. The van der Waals surface area contributed by atoms with Gasteiger partial charge in [-0.3, -0.25) is 4.79 Å². The number of benzene rings is 1. The smallest absolute Gasteiger partial charge is 0.263 e. The first-order valence-corrected chi connectivity index (χ1v) is 8.91. The Bertz CT molecular complexity index is 677. The topological polar surface area (TPSA) is 63.2 Å². The van der Waals surface area contributed by atoms with Gasteiger partial charge < -0.3 is 15.4 Å². The molecule has 2 N–H and O–H groups in total. The van der Waals surface area contributed by atoms with Crippen LogP contribution >= 0.6 is 0 Å². The van der Waals surface area contributed by atoms with E-state index >= 15 is 0 Å². The van der Waals surface area contributed by atoms with Crippen molar-refractivity contribution in [1.82, 2.24) is 4.98 Å². The summed E-state index contributed by atoms with van der Waals surface area (Å²) < 4.78 is 5.47. The van der Waals surface area contributed by atoms with E-state index < -0.39 is 0 Å². The molecule has 1 fully saturated rings. The van der Waals surface area contributed by atoms with Gasteiger partial charge in [-0.15, -0.1) is 0 Å². The Kier molecular flexibility index (Phi) is 5.88. The van der Waals surface area contributed by atoms with Gasteiger partial charge in [-0.05, 0) is 44.0 Å². The van der Waals surface area contributed by atoms with Crippen molar-refractivity contribution in [2.75, 3.05) is 17.2 Å². The molecule has 0 unspecified atom stereocenters. The monoisotopic (exact) mass is 339 g/mol. The summed E-state index contributed by atoms with van der Waals surface area (Å²) in [5.41, 5.74) is 2.16. The predicted octanol–water partition coefficient (Wildman–Crippen LogP) is 4.15. The van der Waals surface area contributed by atoms with Crippen molar-refractivity contribution >= 4 is 17.4 Å². The minimum atomic E-state index is -0.221. The number of anilines is 2. The molecule has 1 aliphatic carbocycles. The molecule has 0 spiro atoms. The van der Waals surface area contributed by atoms with Gasteiger partial charge in [-0.2, -0.15) is 0 Å². The van der Waals surface area contributed by atoms with Crippen molar-refractivity contribution in [3.05, 3.63) is 48.2 Å². The van der Waals surface area contributed by atoms with E-state index in [1.54, 1.807) is 6.20 Å². The van der Waals surface area contributed by atoms with Crippen LogP contribution in [0, 0.1) is 6.92 Å². The summed E-state index contributed by atoms with van der Waals surface area (Å²) >= 11 is 0. The Labute approximate surface area is 148 Å². The van der Waals surface area contributed by atoms with Crippen molar-refractivity contribution < 1.29 is 9.53 Å². The Morgan fingerprint density at radius 3 is 2.56 bits per heavy atom. The summed E-state index contributed by atoms with van der Waals surface area (Å²) in [5.74, 6) is 0.994. The quantitative estimate of drug-likeness (QED) is 0.830. The molecule has 2 aromatic rings. The highest BCUT2D eigenvalue weighted by molar-refractivity contribution is 5.91. The molecule has 1 saturated carbocycles. The molecular formula is C20H25N3O2. The van der Waals surface area contributed by atoms with E-state index in [-0.39, 0.29) is 12.5 Å². The number of hydrogen-bond donors (Lipinski definition) is 2. The number of carbonyl (C=O) groups excluding carboxylic acids is 1. The van der Waals surface area contributed by atoms with Gasteiger partial charge in [0.2, 0.25) is 0 Å². The molecule has 0 saturated heterocycles. The zero-order valence-electron chi connectivity index (χ0n) is 14.6. The summed E-state index contributed by atoms with van der Waals surface area (Å²) in [6.07, 6.45) is 8.13. The minimum absolute atomic E-state index is 0.0349. The third-order valence-electron chi connectivity index (χ3n) is 4.40. The normalized spacial score (nSPS) is 14.8. The van der Waals surface area contributed by atoms with Crippen LogP contribution in [0.5, 0.6) is 5.75 Å². The highest BCUT2D eigenvalue weighted by Crippen LogP contribution is 2.21. The van der Waals surface area contributed by atoms with E-state index in [0.717, 1.165) is 11.3 Å². The fourth-order valence-electron chi connectivity index (χ4n) is 3.00. The summed E-state index contributed by atoms with van der Waals surface area (Å²) in [5, 5.41) is 6.26. The first-order valence-electron chi connectivity index (χ1n) is 8.91. The second kappa shape index (κ2) is 8.51. The van der Waals surface area contributed by atoms with Gasteiger partial charge in [-0.1, -0.05) is 37.0 Å². The van der Waals surface area contributed by atoms with Gasteiger partial charge in [-0.25, -0.2) is 4.98 Å². The molecule has 5 heteroatoms. The number of carbonyl (C=O) groups is 1. The zero-order chi connectivity index (χ0) is 17.5. The molecule has 5 nitrogen and oxygen atoms in total. The third-order valence-corrected chi connectivity index (χ3v) is 4.40. The van der Waals surface area contributed by atoms with Crippen molar-refractivity contribution in [2.45, 2.75) is 45.1 Å². The molecule has 0 radical (unpaired) electrons. The molecule has 1 heterocycles. The molecule has 1 aromatic carbocycles.